The molecule has 1 aliphatic rings. The Bertz CT molecular complexity index is 373. The molecule has 1 heterocycles. The molecule has 3 heteroatoms. The fraction of sp³-hybridized carbons (Fsp3) is 0.667. The molecule has 0 amide bonds. The quantitative estimate of drug-likeness (QED) is 0.817. The topological polar surface area (TPSA) is 25.4 Å². The molecule has 18 heavy (non-hydrogen) atoms. The second-order valence-electron chi connectivity index (χ2n) is 5.46. The summed E-state index contributed by atoms with van der Waals surface area (Å²) in [6.45, 7) is 0. The van der Waals surface area contributed by atoms with Crippen LogP contribution in [0.25, 0.3) is 0 Å². The fourth-order valence-corrected chi connectivity index (χ4v) is 3.15. The summed E-state index contributed by atoms with van der Waals surface area (Å²) in [7, 11) is 6.03. The number of hydrogen-bond acceptors (Lipinski definition) is 3. The van der Waals surface area contributed by atoms with Crippen molar-refractivity contribution in [3.8, 4) is 5.75 Å². The smallest absolute Gasteiger partial charge is 0.137 e. The maximum Gasteiger partial charge on any atom is 0.137 e. The zero-order valence-electron chi connectivity index (χ0n) is 11.7. The first-order valence-electron chi connectivity index (χ1n) is 6.87. The predicted molar refractivity (Wildman–Crippen MR) is 73.8 cm³/mol. The zero-order chi connectivity index (χ0) is 13.0. The number of hydrogen-bond donors (Lipinski definition) is 0. The van der Waals surface area contributed by atoms with Gasteiger partial charge in [0, 0.05) is 12.2 Å². The van der Waals surface area contributed by atoms with E-state index in [1.54, 1.807) is 13.3 Å². The number of pyridine rings is 1. The summed E-state index contributed by atoms with van der Waals surface area (Å²) in [5.41, 5.74) is 1.28. The van der Waals surface area contributed by atoms with E-state index in [0.717, 1.165) is 11.7 Å². The molecule has 0 bridgehead atoms. The number of nitrogens with zero attached hydrogens (tertiary/aromatic N) is 2. The molecule has 0 saturated heterocycles. The Morgan fingerprint density at radius 3 is 2.56 bits per heavy atom. The molecule has 100 valence electrons. The van der Waals surface area contributed by atoms with Crippen LogP contribution in [0.15, 0.2) is 18.5 Å². The zero-order valence-corrected chi connectivity index (χ0v) is 11.7. The summed E-state index contributed by atoms with van der Waals surface area (Å²) < 4.78 is 5.29. The first-order valence-corrected chi connectivity index (χ1v) is 6.87. The average Bonchev–Trinajstić information content (AvgIpc) is 2.40. The Labute approximate surface area is 110 Å². The maximum atomic E-state index is 5.29. The van der Waals surface area contributed by atoms with Crippen molar-refractivity contribution in [3.63, 3.8) is 0 Å². The highest BCUT2D eigenvalue weighted by Crippen LogP contribution is 2.37. The van der Waals surface area contributed by atoms with E-state index in [2.05, 4.69) is 30.0 Å². The normalized spacial score (nSPS) is 18.9. The van der Waals surface area contributed by atoms with E-state index in [1.165, 1.54) is 37.7 Å². The van der Waals surface area contributed by atoms with E-state index in [1.807, 2.05) is 6.20 Å². The fourth-order valence-electron chi connectivity index (χ4n) is 3.15. The Kier molecular flexibility index (Phi) is 4.59. The molecule has 2 rings (SSSR count). The summed E-state index contributed by atoms with van der Waals surface area (Å²) in [6, 6.07) is 2.60. The Morgan fingerprint density at radius 2 is 1.94 bits per heavy atom. The molecule has 0 spiro atoms. The minimum absolute atomic E-state index is 0.466. The summed E-state index contributed by atoms with van der Waals surface area (Å²) in [6.07, 6.45) is 10.6. The van der Waals surface area contributed by atoms with Gasteiger partial charge in [-0.15, -0.1) is 0 Å². The van der Waals surface area contributed by atoms with Crippen molar-refractivity contribution in [3.05, 3.63) is 24.0 Å². The standard InChI is InChI=1S/C15H24N2O/c1-17(2)15(12-7-5-4-6-8-12)13-9-14(18-3)11-16-10-13/h9-12,15H,4-8H2,1-3H3. The monoisotopic (exact) mass is 248 g/mol. The van der Waals surface area contributed by atoms with Gasteiger partial charge in [0.25, 0.3) is 0 Å². The van der Waals surface area contributed by atoms with Crippen molar-refractivity contribution in [1.29, 1.82) is 0 Å². The van der Waals surface area contributed by atoms with E-state index < -0.39 is 0 Å². The molecule has 1 atom stereocenters. The average molecular weight is 248 g/mol. The van der Waals surface area contributed by atoms with Gasteiger partial charge in [-0.3, -0.25) is 4.98 Å². The summed E-state index contributed by atoms with van der Waals surface area (Å²) in [5.74, 6) is 1.61. The number of rotatable bonds is 4. The van der Waals surface area contributed by atoms with Gasteiger partial charge in [-0.1, -0.05) is 19.3 Å². The van der Waals surface area contributed by atoms with Crippen LogP contribution in [0.3, 0.4) is 0 Å². The summed E-state index contributed by atoms with van der Waals surface area (Å²) in [5, 5.41) is 0. The van der Waals surface area contributed by atoms with Crippen LogP contribution in [0, 0.1) is 5.92 Å². The van der Waals surface area contributed by atoms with Gasteiger partial charge in [-0.25, -0.2) is 0 Å². The maximum absolute atomic E-state index is 5.29. The Balaban J connectivity index is 2.22. The summed E-state index contributed by atoms with van der Waals surface area (Å²) >= 11 is 0. The lowest BCUT2D eigenvalue weighted by atomic mass is 9.81. The van der Waals surface area contributed by atoms with Gasteiger partial charge >= 0.3 is 0 Å². The van der Waals surface area contributed by atoms with Crippen LogP contribution in [-0.4, -0.2) is 31.1 Å². The molecule has 1 saturated carbocycles. The number of aromatic nitrogens is 1. The van der Waals surface area contributed by atoms with Crippen LogP contribution >= 0.6 is 0 Å². The highest BCUT2D eigenvalue weighted by Gasteiger charge is 2.27. The Hall–Kier alpha value is -1.09. The molecule has 0 N–H and O–H groups in total. The number of methoxy groups -OCH3 is 1. The molecule has 3 nitrogen and oxygen atoms in total. The van der Waals surface area contributed by atoms with Crippen molar-refractivity contribution in [2.75, 3.05) is 21.2 Å². The first kappa shape index (κ1) is 13.3. The molecule has 1 aromatic heterocycles. The van der Waals surface area contributed by atoms with Gasteiger partial charge < -0.3 is 9.64 Å². The largest absolute Gasteiger partial charge is 0.495 e. The Morgan fingerprint density at radius 1 is 1.22 bits per heavy atom. The molecule has 0 aromatic carbocycles. The van der Waals surface area contributed by atoms with E-state index in [-0.39, 0.29) is 0 Å². The van der Waals surface area contributed by atoms with Gasteiger partial charge in [0.2, 0.25) is 0 Å². The van der Waals surface area contributed by atoms with E-state index in [4.69, 9.17) is 4.74 Å². The van der Waals surface area contributed by atoms with Crippen molar-refractivity contribution >= 4 is 0 Å². The van der Waals surface area contributed by atoms with Crippen LogP contribution in [0.1, 0.15) is 43.7 Å². The molecule has 1 unspecified atom stereocenters. The second-order valence-corrected chi connectivity index (χ2v) is 5.46. The third kappa shape index (κ3) is 3.02. The molecular weight excluding hydrogens is 224 g/mol. The molecule has 1 aromatic rings. The van der Waals surface area contributed by atoms with Gasteiger partial charge in [0.15, 0.2) is 0 Å². The second kappa shape index (κ2) is 6.19. The third-order valence-electron chi connectivity index (χ3n) is 3.96. The van der Waals surface area contributed by atoms with Gasteiger partial charge in [-0.05, 0) is 44.5 Å². The summed E-state index contributed by atoms with van der Waals surface area (Å²) in [4.78, 5) is 6.63. The minimum atomic E-state index is 0.466. The number of ether oxygens (including phenoxy) is 1. The van der Waals surface area contributed by atoms with Gasteiger partial charge in [0.1, 0.15) is 5.75 Å². The van der Waals surface area contributed by atoms with E-state index in [9.17, 15) is 0 Å². The predicted octanol–water partition coefficient (Wildman–Crippen LogP) is 3.27. The van der Waals surface area contributed by atoms with Gasteiger partial charge in [-0.2, -0.15) is 0 Å². The lowest BCUT2D eigenvalue weighted by Gasteiger charge is -2.35. The third-order valence-corrected chi connectivity index (χ3v) is 3.96. The SMILES string of the molecule is COc1cncc(C(C2CCCCC2)N(C)C)c1. The highest BCUT2D eigenvalue weighted by molar-refractivity contribution is 5.26. The molecule has 1 aliphatic carbocycles. The van der Waals surface area contributed by atoms with Crippen LogP contribution < -0.4 is 4.74 Å². The van der Waals surface area contributed by atoms with Crippen molar-refractivity contribution in [2.24, 2.45) is 5.92 Å². The first-order chi connectivity index (χ1) is 8.72. The molecule has 0 aliphatic heterocycles. The minimum Gasteiger partial charge on any atom is -0.495 e. The van der Waals surface area contributed by atoms with Crippen molar-refractivity contribution in [2.45, 2.75) is 38.1 Å². The van der Waals surface area contributed by atoms with Crippen LogP contribution in [-0.2, 0) is 0 Å². The van der Waals surface area contributed by atoms with Crippen LogP contribution in [0.4, 0.5) is 0 Å². The van der Waals surface area contributed by atoms with Gasteiger partial charge in [0.05, 0.1) is 13.3 Å². The van der Waals surface area contributed by atoms with E-state index >= 15 is 0 Å². The molecule has 0 radical (unpaired) electrons. The highest BCUT2D eigenvalue weighted by atomic mass is 16.5. The van der Waals surface area contributed by atoms with Crippen LogP contribution in [0.5, 0.6) is 5.75 Å². The lowest BCUT2D eigenvalue weighted by Crippen LogP contribution is -2.29. The van der Waals surface area contributed by atoms with Crippen molar-refractivity contribution < 1.29 is 4.74 Å². The molecular formula is C15H24N2O. The van der Waals surface area contributed by atoms with Crippen molar-refractivity contribution in [1.82, 2.24) is 9.88 Å². The van der Waals surface area contributed by atoms with Crippen LogP contribution in [0.2, 0.25) is 0 Å². The molecule has 1 fully saturated rings. The van der Waals surface area contributed by atoms with E-state index in [0.29, 0.717) is 6.04 Å². The lowest BCUT2D eigenvalue weighted by molar-refractivity contribution is 0.170.